The molecule has 5 nitrogen and oxygen atoms in total. The van der Waals surface area contributed by atoms with Crippen molar-refractivity contribution in [3.63, 3.8) is 0 Å². The zero-order chi connectivity index (χ0) is 23.0. The normalized spacial score (nSPS) is 37.7. The molecule has 0 aromatic carbocycles. The molecule has 5 heteroatoms. The quantitative estimate of drug-likeness (QED) is 0.570. The van der Waals surface area contributed by atoms with E-state index in [-0.39, 0.29) is 11.3 Å². The molecule has 3 saturated carbocycles. The Hall–Kier alpha value is -1.43. The fraction of sp³-hybridized carbons (Fsp3) is 0.731. The van der Waals surface area contributed by atoms with Gasteiger partial charge in [0.2, 0.25) is 0 Å². The van der Waals surface area contributed by atoms with Gasteiger partial charge in [0.1, 0.15) is 0 Å². The summed E-state index contributed by atoms with van der Waals surface area (Å²) in [5, 5.41) is 30.0. The van der Waals surface area contributed by atoms with E-state index in [9.17, 15) is 20.1 Å². The molecule has 0 bridgehead atoms. The highest BCUT2D eigenvalue weighted by Crippen LogP contribution is 2.59. The molecule has 0 aliphatic heterocycles. The van der Waals surface area contributed by atoms with Crippen molar-refractivity contribution >= 4 is 5.97 Å². The predicted molar refractivity (Wildman–Crippen MR) is 121 cm³/mol. The molecule has 3 fully saturated rings. The zero-order valence-electron chi connectivity index (χ0n) is 19.6. The highest BCUT2D eigenvalue weighted by Gasteiger charge is 2.50. The zero-order valence-corrected chi connectivity index (χ0v) is 19.6. The van der Waals surface area contributed by atoms with Crippen LogP contribution in [0.2, 0.25) is 0 Å². The molecule has 0 saturated heterocycles. The van der Waals surface area contributed by atoms with Crippen molar-refractivity contribution < 1.29 is 24.9 Å². The number of carbonyl (C=O) groups excluding carboxylic acids is 1. The van der Waals surface area contributed by atoms with Gasteiger partial charge in [0.15, 0.2) is 5.60 Å². The highest BCUT2D eigenvalue weighted by atomic mass is 16.5. The molecule has 3 N–H and O–H groups in total. The number of ether oxygens (including phenoxy) is 1. The number of fused-ring (bicyclic) bond motifs is 1. The molecule has 3 aliphatic rings. The fourth-order valence-electron chi connectivity index (χ4n) is 6.18. The molecule has 31 heavy (non-hydrogen) atoms. The van der Waals surface area contributed by atoms with Gasteiger partial charge in [-0.2, -0.15) is 0 Å². The lowest BCUT2D eigenvalue weighted by Crippen LogP contribution is -2.39. The summed E-state index contributed by atoms with van der Waals surface area (Å²) in [5.41, 5.74) is 1.85. The second kappa shape index (κ2) is 9.21. The number of allylic oxidation sites excluding steroid dienone is 3. The molecular weight excluding hydrogens is 392 g/mol. The summed E-state index contributed by atoms with van der Waals surface area (Å²) >= 11 is 0. The predicted octanol–water partition coefficient (Wildman–Crippen LogP) is 4.08. The van der Waals surface area contributed by atoms with Crippen LogP contribution in [-0.2, 0) is 9.53 Å². The van der Waals surface area contributed by atoms with Crippen LogP contribution in [0.4, 0.5) is 0 Å². The fourth-order valence-corrected chi connectivity index (χ4v) is 6.18. The van der Waals surface area contributed by atoms with E-state index in [4.69, 9.17) is 4.74 Å². The van der Waals surface area contributed by atoms with Gasteiger partial charge < -0.3 is 20.1 Å². The molecule has 0 aromatic rings. The first-order valence-corrected chi connectivity index (χ1v) is 11.8. The third-order valence-electron chi connectivity index (χ3n) is 7.97. The third kappa shape index (κ3) is 5.15. The Morgan fingerprint density at radius 2 is 2.03 bits per heavy atom. The van der Waals surface area contributed by atoms with E-state index in [1.807, 2.05) is 0 Å². The molecule has 0 unspecified atom stereocenters. The number of esters is 1. The minimum absolute atomic E-state index is 0.172. The van der Waals surface area contributed by atoms with Gasteiger partial charge >= 0.3 is 5.97 Å². The van der Waals surface area contributed by atoms with Gasteiger partial charge in [-0.25, -0.2) is 4.79 Å². The summed E-state index contributed by atoms with van der Waals surface area (Å²) in [6, 6.07) is 0. The van der Waals surface area contributed by atoms with Gasteiger partial charge in [0.25, 0.3) is 0 Å². The van der Waals surface area contributed by atoms with Crippen LogP contribution in [0.15, 0.2) is 35.5 Å². The Morgan fingerprint density at radius 1 is 1.32 bits per heavy atom. The first-order chi connectivity index (χ1) is 14.4. The Morgan fingerprint density at radius 3 is 2.71 bits per heavy atom. The summed E-state index contributed by atoms with van der Waals surface area (Å²) < 4.78 is 5.42. The maximum Gasteiger partial charge on any atom is 0.337 e. The van der Waals surface area contributed by atoms with Gasteiger partial charge in [-0.3, -0.25) is 0 Å². The standard InChI is InChI=1S/C26H40O5/c1-16(15-31-24(29)25(3,4)30)21-10-11-22-18(7-6-12-26(21,22)5)8-9-19-13-20(27)14-23(28)17(19)2/h8-9,16,20-23,27-28,30H,2,6-7,10-15H2,1,3-5H3/b18-8+,19-9-/t16-,20-,21-,22+,23+,26-/m1/s1. The van der Waals surface area contributed by atoms with Crippen LogP contribution < -0.4 is 0 Å². The van der Waals surface area contributed by atoms with Crippen molar-refractivity contribution in [2.75, 3.05) is 6.61 Å². The van der Waals surface area contributed by atoms with Gasteiger partial charge in [-0.1, -0.05) is 38.2 Å². The molecule has 0 radical (unpaired) electrons. The van der Waals surface area contributed by atoms with E-state index in [2.05, 4.69) is 32.6 Å². The van der Waals surface area contributed by atoms with Crippen LogP contribution in [-0.4, -0.2) is 45.7 Å². The van der Waals surface area contributed by atoms with Crippen molar-refractivity contribution in [3.05, 3.63) is 35.5 Å². The molecule has 0 amide bonds. The number of rotatable bonds is 5. The second-order valence-electron chi connectivity index (χ2n) is 10.8. The summed E-state index contributed by atoms with van der Waals surface area (Å²) in [6.07, 6.45) is 9.66. The largest absolute Gasteiger partial charge is 0.463 e. The summed E-state index contributed by atoms with van der Waals surface area (Å²) in [7, 11) is 0. The molecule has 174 valence electrons. The van der Waals surface area contributed by atoms with Crippen LogP contribution in [0, 0.1) is 23.2 Å². The number of aliphatic hydroxyl groups excluding tert-OH is 2. The Balaban J connectivity index is 1.72. The van der Waals surface area contributed by atoms with Crippen LogP contribution in [0.1, 0.15) is 72.6 Å². The van der Waals surface area contributed by atoms with Crippen molar-refractivity contribution in [3.8, 4) is 0 Å². The number of aliphatic hydroxyl groups is 3. The topological polar surface area (TPSA) is 87.0 Å². The van der Waals surface area contributed by atoms with Gasteiger partial charge in [0.05, 0.1) is 18.8 Å². The molecule has 3 aliphatic carbocycles. The van der Waals surface area contributed by atoms with Crippen LogP contribution in [0.25, 0.3) is 0 Å². The summed E-state index contributed by atoms with van der Waals surface area (Å²) in [4.78, 5) is 12.0. The lowest BCUT2D eigenvalue weighted by atomic mass is 9.61. The third-order valence-corrected chi connectivity index (χ3v) is 7.97. The van der Waals surface area contributed by atoms with Crippen molar-refractivity contribution in [2.45, 2.75) is 90.4 Å². The average molecular weight is 433 g/mol. The van der Waals surface area contributed by atoms with Gasteiger partial charge in [0, 0.05) is 6.42 Å². The molecule has 6 atom stereocenters. The first-order valence-electron chi connectivity index (χ1n) is 11.8. The highest BCUT2D eigenvalue weighted by molar-refractivity contribution is 5.78. The first kappa shape index (κ1) is 24.2. The molecule has 0 heterocycles. The Labute approximate surface area is 186 Å². The van der Waals surface area contributed by atoms with Crippen LogP contribution in [0.3, 0.4) is 0 Å². The SMILES string of the molecule is C=C1/C(=C\C=C2/CCC[C@]3(C)[C@@H]([C@H](C)COC(=O)C(C)(C)O)CC[C@@H]23)C[C@@H](O)C[C@@H]1O. The maximum absolute atomic E-state index is 12.0. The lowest BCUT2D eigenvalue weighted by Gasteiger charge is -2.44. The van der Waals surface area contributed by atoms with Gasteiger partial charge in [-0.05, 0) is 86.7 Å². The monoisotopic (exact) mass is 432 g/mol. The van der Waals surface area contributed by atoms with E-state index in [0.29, 0.717) is 31.3 Å². The van der Waals surface area contributed by atoms with E-state index in [1.165, 1.54) is 25.8 Å². The number of carbonyl (C=O) groups is 1. The Bertz CT molecular complexity index is 758. The second-order valence-corrected chi connectivity index (χ2v) is 10.8. The van der Waals surface area contributed by atoms with Crippen molar-refractivity contribution in [1.29, 1.82) is 0 Å². The smallest absolute Gasteiger partial charge is 0.337 e. The minimum Gasteiger partial charge on any atom is -0.463 e. The van der Waals surface area contributed by atoms with E-state index >= 15 is 0 Å². The summed E-state index contributed by atoms with van der Waals surface area (Å²) in [6.45, 7) is 11.8. The molecular formula is C26H40O5. The number of hydrogen-bond donors (Lipinski definition) is 3. The van der Waals surface area contributed by atoms with Gasteiger partial charge in [-0.15, -0.1) is 0 Å². The number of hydrogen-bond acceptors (Lipinski definition) is 5. The molecule has 3 rings (SSSR count). The van der Waals surface area contributed by atoms with E-state index in [1.54, 1.807) is 0 Å². The van der Waals surface area contributed by atoms with Crippen molar-refractivity contribution in [1.82, 2.24) is 0 Å². The van der Waals surface area contributed by atoms with Crippen molar-refractivity contribution in [2.24, 2.45) is 23.2 Å². The van der Waals surface area contributed by atoms with E-state index < -0.39 is 23.8 Å². The minimum atomic E-state index is -1.46. The maximum atomic E-state index is 12.0. The Kier molecular flexibility index (Phi) is 7.19. The molecule has 0 aromatic heterocycles. The summed E-state index contributed by atoms with van der Waals surface area (Å²) in [5.74, 6) is 0.647. The lowest BCUT2D eigenvalue weighted by molar-refractivity contribution is -0.164. The van der Waals surface area contributed by atoms with Crippen LogP contribution in [0.5, 0.6) is 0 Å². The van der Waals surface area contributed by atoms with E-state index in [0.717, 1.165) is 36.8 Å². The average Bonchev–Trinajstić information content (AvgIpc) is 3.04. The van der Waals surface area contributed by atoms with Crippen LogP contribution >= 0.6 is 0 Å². The molecule has 0 spiro atoms.